The van der Waals surface area contributed by atoms with Gasteiger partial charge in [-0.2, -0.15) is 0 Å². The van der Waals surface area contributed by atoms with E-state index in [1.54, 1.807) is 12.1 Å². The summed E-state index contributed by atoms with van der Waals surface area (Å²) in [6, 6.07) is 7.20. The van der Waals surface area contributed by atoms with Crippen molar-refractivity contribution in [2.45, 2.75) is 47.1 Å². The van der Waals surface area contributed by atoms with Crippen LogP contribution in [0.1, 0.15) is 49.5 Å². The Hall–Kier alpha value is -2.83. The Labute approximate surface area is 158 Å². The maximum Gasteiger partial charge on any atom is 0.330 e. The molecule has 2 aromatic rings. The summed E-state index contributed by atoms with van der Waals surface area (Å²) in [5, 5.41) is 0. The van der Waals surface area contributed by atoms with Crippen LogP contribution in [0.2, 0.25) is 0 Å². The van der Waals surface area contributed by atoms with Gasteiger partial charge in [0.1, 0.15) is 5.82 Å². The summed E-state index contributed by atoms with van der Waals surface area (Å²) >= 11 is 0. The van der Waals surface area contributed by atoms with E-state index in [0.29, 0.717) is 18.7 Å². The molecular weight excluding hydrogens is 344 g/mol. The van der Waals surface area contributed by atoms with Crippen LogP contribution in [0, 0.1) is 12.8 Å². The number of nitrogen functional groups attached to an aromatic ring is 1. The number of aryl methyl sites for hydroxylation is 1. The predicted octanol–water partition coefficient (Wildman–Crippen LogP) is 2.53. The van der Waals surface area contributed by atoms with Gasteiger partial charge in [0, 0.05) is 18.7 Å². The number of rotatable bonds is 7. The molecule has 7 heteroatoms. The molecule has 27 heavy (non-hydrogen) atoms. The molecule has 0 saturated heterocycles. The molecule has 3 N–H and O–H groups in total. The van der Waals surface area contributed by atoms with Crippen LogP contribution in [-0.2, 0) is 6.54 Å². The average Bonchev–Trinajstić information content (AvgIpc) is 2.60. The van der Waals surface area contributed by atoms with Crippen LogP contribution in [0.15, 0.2) is 33.9 Å². The van der Waals surface area contributed by atoms with Gasteiger partial charge in [0.2, 0.25) is 0 Å². The number of carbonyl (C=O) groups is 1. The molecule has 1 aromatic heterocycles. The maximum atomic E-state index is 13.2. The van der Waals surface area contributed by atoms with Crippen molar-refractivity contribution in [2.75, 3.05) is 17.2 Å². The lowest BCUT2D eigenvalue weighted by molar-refractivity contribution is 0.0983. The fourth-order valence-corrected chi connectivity index (χ4v) is 2.98. The van der Waals surface area contributed by atoms with E-state index in [1.165, 1.54) is 9.47 Å². The summed E-state index contributed by atoms with van der Waals surface area (Å²) in [6.45, 7) is 8.45. The summed E-state index contributed by atoms with van der Waals surface area (Å²) < 4.78 is 1.33. The fourth-order valence-electron chi connectivity index (χ4n) is 2.98. The lowest BCUT2D eigenvalue weighted by Gasteiger charge is -2.26. The van der Waals surface area contributed by atoms with Gasteiger partial charge in [-0.3, -0.25) is 19.1 Å². The first-order chi connectivity index (χ1) is 12.8. The van der Waals surface area contributed by atoms with E-state index in [1.807, 2.05) is 39.8 Å². The molecule has 0 aliphatic heterocycles. The van der Waals surface area contributed by atoms with E-state index >= 15 is 0 Å². The maximum absolute atomic E-state index is 13.2. The number of H-pyrrole nitrogens is 1. The Bertz CT molecular complexity index is 928. The Morgan fingerprint density at radius 3 is 2.52 bits per heavy atom. The number of nitrogens with one attached hydrogen (secondary N) is 1. The van der Waals surface area contributed by atoms with Gasteiger partial charge in [0.05, 0.1) is 0 Å². The SMILES string of the molecule is CCCCn1c(N)c(N(CC(C)C)C(=O)c2ccccc2C)c(=O)[nH]c1=O. The topological polar surface area (TPSA) is 101 Å². The van der Waals surface area contributed by atoms with Crippen molar-refractivity contribution in [3.63, 3.8) is 0 Å². The molecule has 7 nitrogen and oxygen atoms in total. The van der Waals surface area contributed by atoms with Crippen LogP contribution < -0.4 is 21.9 Å². The molecule has 2 rings (SSSR count). The number of carbonyl (C=O) groups excluding carboxylic acids is 1. The fraction of sp³-hybridized carbons (Fsp3) is 0.450. The van der Waals surface area contributed by atoms with E-state index in [-0.39, 0.29) is 23.3 Å². The van der Waals surface area contributed by atoms with Gasteiger partial charge in [0.15, 0.2) is 5.69 Å². The summed E-state index contributed by atoms with van der Waals surface area (Å²) in [6.07, 6.45) is 1.61. The molecule has 1 heterocycles. The third-order valence-electron chi connectivity index (χ3n) is 4.39. The molecule has 0 unspecified atom stereocenters. The Morgan fingerprint density at radius 2 is 1.93 bits per heavy atom. The zero-order valence-electron chi connectivity index (χ0n) is 16.4. The van der Waals surface area contributed by atoms with Gasteiger partial charge in [0.25, 0.3) is 11.5 Å². The summed E-state index contributed by atoms with van der Waals surface area (Å²) in [5.41, 5.74) is 6.36. The summed E-state index contributed by atoms with van der Waals surface area (Å²) in [5.74, 6) is -0.174. The third kappa shape index (κ3) is 4.48. The van der Waals surface area contributed by atoms with Gasteiger partial charge in [-0.15, -0.1) is 0 Å². The van der Waals surface area contributed by atoms with Crippen molar-refractivity contribution in [1.29, 1.82) is 0 Å². The van der Waals surface area contributed by atoms with Crippen molar-refractivity contribution < 1.29 is 4.79 Å². The number of anilines is 2. The van der Waals surface area contributed by atoms with E-state index in [0.717, 1.165) is 18.4 Å². The number of nitrogens with zero attached hydrogens (tertiary/aromatic N) is 2. The van der Waals surface area contributed by atoms with Gasteiger partial charge in [-0.25, -0.2) is 4.79 Å². The number of amides is 1. The average molecular weight is 372 g/mol. The minimum atomic E-state index is -0.646. The Morgan fingerprint density at radius 1 is 1.26 bits per heavy atom. The largest absolute Gasteiger partial charge is 0.383 e. The van der Waals surface area contributed by atoms with Crippen molar-refractivity contribution in [2.24, 2.45) is 5.92 Å². The normalized spacial score (nSPS) is 11.0. The van der Waals surface area contributed by atoms with E-state index in [9.17, 15) is 14.4 Å². The third-order valence-corrected chi connectivity index (χ3v) is 4.39. The highest BCUT2D eigenvalue weighted by Crippen LogP contribution is 2.22. The highest BCUT2D eigenvalue weighted by atomic mass is 16.2. The predicted molar refractivity (Wildman–Crippen MR) is 108 cm³/mol. The van der Waals surface area contributed by atoms with Crippen LogP contribution in [0.5, 0.6) is 0 Å². The lowest BCUT2D eigenvalue weighted by atomic mass is 10.1. The lowest BCUT2D eigenvalue weighted by Crippen LogP contribution is -2.43. The van der Waals surface area contributed by atoms with Crippen LogP contribution in [0.4, 0.5) is 11.5 Å². The molecular formula is C20H28N4O3. The van der Waals surface area contributed by atoms with Crippen LogP contribution in [0.25, 0.3) is 0 Å². The van der Waals surface area contributed by atoms with Crippen LogP contribution >= 0.6 is 0 Å². The zero-order valence-corrected chi connectivity index (χ0v) is 16.4. The van der Waals surface area contributed by atoms with E-state index in [2.05, 4.69) is 4.98 Å². The number of aromatic nitrogens is 2. The van der Waals surface area contributed by atoms with Gasteiger partial charge in [-0.1, -0.05) is 45.4 Å². The Balaban J connectivity index is 2.64. The van der Waals surface area contributed by atoms with E-state index < -0.39 is 11.2 Å². The van der Waals surface area contributed by atoms with Crippen molar-refractivity contribution in [3.05, 3.63) is 56.2 Å². The molecule has 0 bridgehead atoms. The number of nitrogens with two attached hydrogens (primary N) is 1. The smallest absolute Gasteiger partial charge is 0.330 e. The molecule has 0 aliphatic carbocycles. The highest BCUT2D eigenvalue weighted by Gasteiger charge is 2.26. The molecule has 0 aliphatic rings. The second-order valence-corrected chi connectivity index (χ2v) is 7.12. The molecule has 0 spiro atoms. The second kappa shape index (κ2) is 8.70. The minimum Gasteiger partial charge on any atom is -0.383 e. The summed E-state index contributed by atoms with van der Waals surface area (Å²) in [4.78, 5) is 41.7. The molecule has 1 amide bonds. The molecule has 146 valence electrons. The minimum absolute atomic E-state index is 0.0276. The van der Waals surface area contributed by atoms with Gasteiger partial charge >= 0.3 is 5.69 Å². The molecule has 0 atom stereocenters. The standard InChI is InChI=1S/C20H28N4O3/c1-5-6-11-23-17(21)16(18(25)22-20(23)27)24(12-13(2)3)19(26)15-10-8-7-9-14(15)4/h7-10,13H,5-6,11-12,21H2,1-4H3,(H,22,25,27). The Kier molecular flexibility index (Phi) is 6.60. The number of hydrogen-bond acceptors (Lipinski definition) is 4. The first-order valence-electron chi connectivity index (χ1n) is 9.28. The quantitative estimate of drug-likeness (QED) is 0.780. The van der Waals surface area contributed by atoms with Gasteiger partial charge in [-0.05, 0) is 30.9 Å². The van der Waals surface area contributed by atoms with Crippen molar-refractivity contribution in [3.8, 4) is 0 Å². The molecule has 0 saturated carbocycles. The highest BCUT2D eigenvalue weighted by molar-refractivity contribution is 6.08. The van der Waals surface area contributed by atoms with Crippen LogP contribution in [-0.4, -0.2) is 22.0 Å². The van der Waals surface area contributed by atoms with Gasteiger partial charge < -0.3 is 10.6 Å². The number of aromatic amines is 1. The zero-order chi connectivity index (χ0) is 20.1. The van der Waals surface area contributed by atoms with E-state index in [4.69, 9.17) is 5.73 Å². The number of benzene rings is 1. The van der Waals surface area contributed by atoms with Crippen molar-refractivity contribution in [1.82, 2.24) is 9.55 Å². The molecule has 0 radical (unpaired) electrons. The first-order valence-corrected chi connectivity index (χ1v) is 9.28. The van der Waals surface area contributed by atoms with Crippen molar-refractivity contribution >= 4 is 17.4 Å². The monoisotopic (exact) mass is 372 g/mol. The molecule has 0 fully saturated rings. The number of unbranched alkanes of at least 4 members (excludes halogenated alkanes) is 1. The van der Waals surface area contributed by atoms with Crippen LogP contribution in [0.3, 0.4) is 0 Å². The first kappa shape index (κ1) is 20.5. The summed E-state index contributed by atoms with van der Waals surface area (Å²) in [7, 11) is 0. The number of hydrogen-bond donors (Lipinski definition) is 2. The second-order valence-electron chi connectivity index (χ2n) is 7.12. The molecule has 1 aromatic carbocycles.